The van der Waals surface area contributed by atoms with E-state index in [-0.39, 0.29) is 17.6 Å². The molecule has 0 aromatic carbocycles. The molecule has 2 aromatic heterocycles. The smallest absolute Gasteiger partial charge is 0.270 e. The van der Waals surface area contributed by atoms with Gasteiger partial charge < -0.3 is 9.88 Å². The average Bonchev–Trinajstić information content (AvgIpc) is 3.01. The monoisotopic (exact) mass is 317 g/mol. The first-order chi connectivity index (χ1) is 10.6. The molecule has 1 aliphatic heterocycles. The minimum absolute atomic E-state index is 0.00242. The number of aromatic amines is 1. The molecule has 5 nitrogen and oxygen atoms in total. The SMILES string of the molecule is O=C(c1ccccn1)[C@@H]1CCCN(C(=O)c2cc(Cl)c[nH]2)C1. The van der Waals surface area contributed by atoms with Gasteiger partial charge in [-0.1, -0.05) is 17.7 Å². The third kappa shape index (κ3) is 3.04. The Bertz CT molecular complexity index is 684. The van der Waals surface area contributed by atoms with Crippen molar-refractivity contribution in [1.29, 1.82) is 0 Å². The van der Waals surface area contributed by atoms with Gasteiger partial charge in [0.15, 0.2) is 5.78 Å². The van der Waals surface area contributed by atoms with E-state index in [9.17, 15) is 9.59 Å². The first kappa shape index (κ1) is 14.8. The fourth-order valence-corrected chi connectivity index (χ4v) is 2.92. The van der Waals surface area contributed by atoms with Crippen molar-refractivity contribution in [2.45, 2.75) is 12.8 Å². The number of hydrogen-bond donors (Lipinski definition) is 1. The van der Waals surface area contributed by atoms with Crippen LogP contribution in [-0.2, 0) is 0 Å². The lowest BCUT2D eigenvalue weighted by molar-refractivity contribution is 0.0631. The Hall–Kier alpha value is -2.14. The predicted molar refractivity (Wildman–Crippen MR) is 83.0 cm³/mol. The number of nitrogens with one attached hydrogen (secondary N) is 1. The van der Waals surface area contributed by atoms with E-state index < -0.39 is 0 Å². The molecule has 1 N–H and O–H groups in total. The number of Topliss-reactive ketones (excluding diaryl/α,β-unsaturated/α-hetero) is 1. The molecule has 114 valence electrons. The summed E-state index contributed by atoms with van der Waals surface area (Å²) in [5.74, 6) is -0.314. The van der Waals surface area contributed by atoms with Gasteiger partial charge in [0.25, 0.3) is 5.91 Å². The Balaban J connectivity index is 1.72. The molecule has 1 amide bonds. The Labute approximate surface area is 133 Å². The minimum Gasteiger partial charge on any atom is -0.356 e. The number of amides is 1. The maximum Gasteiger partial charge on any atom is 0.270 e. The normalized spacial score (nSPS) is 18.2. The molecule has 0 bridgehead atoms. The van der Waals surface area contributed by atoms with Gasteiger partial charge in [0.05, 0.1) is 5.02 Å². The summed E-state index contributed by atoms with van der Waals surface area (Å²) in [4.78, 5) is 33.6. The second kappa shape index (κ2) is 6.32. The first-order valence-corrected chi connectivity index (χ1v) is 7.61. The molecule has 6 heteroatoms. The van der Waals surface area contributed by atoms with Gasteiger partial charge in [0.2, 0.25) is 0 Å². The molecule has 3 heterocycles. The summed E-state index contributed by atoms with van der Waals surface area (Å²) in [6.07, 6.45) is 4.78. The van der Waals surface area contributed by atoms with Gasteiger partial charge in [0.1, 0.15) is 11.4 Å². The first-order valence-electron chi connectivity index (χ1n) is 7.23. The molecule has 0 radical (unpaired) electrons. The lowest BCUT2D eigenvalue weighted by atomic mass is 9.91. The molecule has 1 atom stereocenters. The Morgan fingerprint density at radius 3 is 2.91 bits per heavy atom. The minimum atomic E-state index is -0.196. The molecule has 1 fully saturated rings. The van der Waals surface area contributed by atoms with Gasteiger partial charge in [-0.2, -0.15) is 0 Å². The molecule has 1 aliphatic rings. The average molecular weight is 318 g/mol. The summed E-state index contributed by atoms with van der Waals surface area (Å²) >= 11 is 5.84. The highest BCUT2D eigenvalue weighted by atomic mass is 35.5. The molecule has 22 heavy (non-hydrogen) atoms. The number of carbonyl (C=O) groups is 2. The zero-order valence-electron chi connectivity index (χ0n) is 12.0. The number of ketones is 1. The van der Waals surface area contributed by atoms with Gasteiger partial charge in [0, 0.05) is 31.4 Å². The molecule has 0 unspecified atom stereocenters. The molecule has 0 saturated carbocycles. The molecule has 1 saturated heterocycles. The highest BCUT2D eigenvalue weighted by Crippen LogP contribution is 2.22. The number of piperidine rings is 1. The largest absolute Gasteiger partial charge is 0.356 e. The Morgan fingerprint density at radius 2 is 2.23 bits per heavy atom. The number of H-pyrrole nitrogens is 1. The lowest BCUT2D eigenvalue weighted by Crippen LogP contribution is -2.42. The maximum atomic E-state index is 12.5. The summed E-state index contributed by atoms with van der Waals surface area (Å²) in [7, 11) is 0. The Morgan fingerprint density at radius 1 is 1.36 bits per heavy atom. The summed E-state index contributed by atoms with van der Waals surface area (Å²) in [6, 6.07) is 6.90. The summed E-state index contributed by atoms with van der Waals surface area (Å²) in [5.41, 5.74) is 0.917. The van der Waals surface area contributed by atoms with Crippen LogP contribution in [0.4, 0.5) is 0 Å². The van der Waals surface area contributed by atoms with E-state index in [0.29, 0.717) is 29.5 Å². The predicted octanol–water partition coefficient (Wildman–Crippen LogP) is 2.80. The number of hydrogen-bond acceptors (Lipinski definition) is 3. The number of rotatable bonds is 3. The number of likely N-dealkylation sites (tertiary alicyclic amines) is 1. The molecule has 2 aromatic rings. The second-order valence-corrected chi connectivity index (χ2v) is 5.84. The molecule has 3 rings (SSSR count). The summed E-state index contributed by atoms with van der Waals surface area (Å²) in [5, 5.41) is 0.501. The van der Waals surface area contributed by atoms with Crippen molar-refractivity contribution in [2.24, 2.45) is 5.92 Å². The van der Waals surface area contributed by atoms with Crippen LogP contribution in [0.15, 0.2) is 36.7 Å². The van der Waals surface area contributed by atoms with Crippen LogP contribution < -0.4 is 0 Å². The second-order valence-electron chi connectivity index (χ2n) is 5.40. The van der Waals surface area contributed by atoms with Crippen LogP contribution in [0.1, 0.15) is 33.8 Å². The van der Waals surface area contributed by atoms with Crippen molar-refractivity contribution in [3.8, 4) is 0 Å². The van der Waals surface area contributed by atoms with E-state index >= 15 is 0 Å². The Kier molecular flexibility index (Phi) is 4.24. The van der Waals surface area contributed by atoms with Crippen LogP contribution in [0.25, 0.3) is 0 Å². The number of halogens is 1. The van der Waals surface area contributed by atoms with Crippen LogP contribution in [-0.4, -0.2) is 39.6 Å². The van der Waals surface area contributed by atoms with E-state index in [0.717, 1.165) is 12.8 Å². The van der Waals surface area contributed by atoms with Crippen LogP contribution in [0.5, 0.6) is 0 Å². The number of carbonyl (C=O) groups excluding carboxylic acids is 2. The number of aromatic nitrogens is 2. The standard InChI is InChI=1S/C16H16ClN3O2/c17-12-8-14(19-9-12)16(22)20-7-3-4-11(10-20)15(21)13-5-1-2-6-18-13/h1-2,5-6,8-9,11,19H,3-4,7,10H2/t11-/m1/s1. The van der Waals surface area contributed by atoms with Crippen LogP contribution in [0.2, 0.25) is 5.02 Å². The van der Waals surface area contributed by atoms with Gasteiger partial charge in [-0.15, -0.1) is 0 Å². The van der Waals surface area contributed by atoms with Crippen LogP contribution in [0.3, 0.4) is 0 Å². The fraction of sp³-hybridized carbons (Fsp3) is 0.312. The van der Waals surface area contributed by atoms with E-state index in [1.54, 1.807) is 41.6 Å². The zero-order chi connectivity index (χ0) is 15.5. The molecular weight excluding hydrogens is 302 g/mol. The molecule has 0 aliphatic carbocycles. The van der Waals surface area contributed by atoms with Crippen molar-refractivity contribution in [1.82, 2.24) is 14.9 Å². The lowest BCUT2D eigenvalue weighted by Gasteiger charge is -2.31. The summed E-state index contributed by atoms with van der Waals surface area (Å²) < 4.78 is 0. The van der Waals surface area contributed by atoms with Crippen molar-refractivity contribution >= 4 is 23.3 Å². The van der Waals surface area contributed by atoms with Gasteiger partial charge in [-0.25, -0.2) is 0 Å². The van der Waals surface area contributed by atoms with Crippen molar-refractivity contribution in [3.63, 3.8) is 0 Å². The van der Waals surface area contributed by atoms with Crippen molar-refractivity contribution in [3.05, 3.63) is 53.1 Å². The van der Waals surface area contributed by atoms with Gasteiger partial charge >= 0.3 is 0 Å². The van der Waals surface area contributed by atoms with Gasteiger partial charge in [-0.05, 0) is 31.0 Å². The van der Waals surface area contributed by atoms with Crippen molar-refractivity contribution in [2.75, 3.05) is 13.1 Å². The highest BCUT2D eigenvalue weighted by molar-refractivity contribution is 6.30. The third-order valence-corrected chi connectivity index (χ3v) is 4.09. The van der Waals surface area contributed by atoms with E-state index in [4.69, 9.17) is 11.6 Å². The third-order valence-electron chi connectivity index (χ3n) is 3.87. The highest BCUT2D eigenvalue weighted by Gasteiger charge is 2.30. The zero-order valence-corrected chi connectivity index (χ0v) is 12.7. The van der Waals surface area contributed by atoms with Crippen molar-refractivity contribution < 1.29 is 9.59 Å². The fourth-order valence-electron chi connectivity index (χ4n) is 2.75. The topological polar surface area (TPSA) is 66.1 Å². The maximum absolute atomic E-state index is 12.5. The van der Waals surface area contributed by atoms with Crippen LogP contribution in [0, 0.1) is 5.92 Å². The van der Waals surface area contributed by atoms with Crippen LogP contribution >= 0.6 is 11.6 Å². The van der Waals surface area contributed by atoms with E-state index in [1.807, 2.05) is 0 Å². The summed E-state index contributed by atoms with van der Waals surface area (Å²) in [6.45, 7) is 1.08. The quantitative estimate of drug-likeness (QED) is 0.885. The van der Waals surface area contributed by atoms with E-state index in [1.165, 1.54) is 0 Å². The number of pyridine rings is 1. The molecule has 0 spiro atoms. The number of nitrogens with zero attached hydrogens (tertiary/aromatic N) is 2. The molecular formula is C16H16ClN3O2. The van der Waals surface area contributed by atoms with E-state index in [2.05, 4.69) is 9.97 Å². The van der Waals surface area contributed by atoms with Gasteiger partial charge in [-0.3, -0.25) is 14.6 Å².